The highest BCUT2D eigenvalue weighted by molar-refractivity contribution is 6.33. The highest BCUT2D eigenvalue weighted by atomic mass is 35.5. The van der Waals surface area contributed by atoms with E-state index in [-0.39, 0.29) is 18.7 Å². The van der Waals surface area contributed by atoms with Crippen LogP contribution in [0.5, 0.6) is 11.8 Å². The van der Waals surface area contributed by atoms with Crippen LogP contribution >= 0.6 is 11.6 Å². The zero-order valence-electron chi connectivity index (χ0n) is 20.8. The standard InChI is InChI=1S/C28H26ClFN6O2/c1-17-34-26-16-33-25-15-24(30)21(20-4-3-19(13-23(20)29)38-28-31-7-2-8-32-28)14-22(25)27(26)36(17)18-5-9-35(10-6-18)11-12-37/h2-4,7-8,13-16,18,37H,5-6,9-12H2,1H3. The van der Waals surface area contributed by atoms with Gasteiger partial charge in [0.15, 0.2) is 0 Å². The van der Waals surface area contributed by atoms with Gasteiger partial charge in [0.05, 0.1) is 28.9 Å². The predicted molar refractivity (Wildman–Crippen MR) is 144 cm³/mol. The lowest BCUT2D eigenvalue weighted by molar-refractivity contribution is 0.150. The molecule has 3 aromatic heterocycles. The molecular weight excluding hydrogens is 507 g/mol. The van der Waals surface area contributed by atoms with E-state index < -0.39 is 5.82 Å². The number of nitrogens with zero attached hydrogens (tertiary/aromatic N) is 6. The third-order valence-corrected chi connectivity index (χ3v) is 7.41. The lowest BCUT2D eigenvalue weighted by atomic mass is 10.0. The second-order valence-corrected chi connectivity index (χ2v) is 9.85. The molecule has 1 saturated heterocycles. The number of rotatable bonds is 6. The molecule has 0 aliphatic carbocycles. The molecule has 10 heteroatoms. The van der Waals surface area contributed by atoms with Crippen LogP contribution < -0.4 is 4.74 Å². The number of ether oxygens (including phenoxy) is 1. The van der Waals surface area contributed by atoms with Crippen molar-refractivity contribution in [1.29, 1.82) is 0 Å². The second kappa shape index (κ2) is 10.2. The Balaban J connectivity index is 1.41. The van der Waals surface area contributed by atoms with Gasteiger partial charge >= 0.3 is 6.01 Å². The van der Waals surface area contributed by atoms with Gasteiger partial charge in [-0.1, -0.05) is 11.6 Å². The molecule has 0 atom stereocenters. The average Bonchev–Trinajstić information content (AvgIpc) is 3.26. The summed E-state index contributed by atoms with van der Waals surface area (Å²) >= 11 is 6.62. The maximum atomic E-state index is 15.4. The molecule has 1 fully saturated rings. The Morgan fingerprint density at radius 1 is 1.05 bits per heavy atom. The van der Waals surface area contributed by atoms with Crippen LogP contribution in [0.3, 0.4) is 0 Å². The van der Waals surface area contributed by atoms with Crippen molar-refractivity contribution in [3.8, 4) is 22.9 Å². The molecule has 1 aliphatic rings. The third kappa shape index (κ3) is 4.57. The summed E-state index contributed by atoms with van der Waals surface area (Å²) in [6.07, 6.45) is 6.78. The fourth-order valence-electron chi connectivity index (χ4n) is 5.33. The number of aliphatic hydroxyl groups excluding tert-OH is 1. The summed E-state index contributed by atoms with van der Waals surface area (Å²) in [5.41, 5.74) is 3.22. The molecule has 8 nitrogen and oxygen atoms in total. The van der Waals surface area contributed by atoms with E-state index in [2.05, 4.69) is 24.4 Å². The number of halogens is 2. The van der Waals surface area contributed by atoms with Gasteiger partial charge in [-0.05, 0) is 44.0 Å². The van der Waals surface area contributed by atoms with Crippen molar-refractivity contribution >= 4 is 33.5 Å². The summed E-state index contributed by atoms with van der Waals surface area (Å²) in [7, 11) is 0. The zero-order valence-corrected chi connectivity index (χ0v) is 21.6. The second-order valence-electron chi connectivity index (χ2n) is 9.44. The van der Waals surface area contributed by atoms with Gasteiger partial charge in [-0.3, -0.25) is 4.98 Å². The molecule has 0 amide bonds. The molecule has 6 rings (SSSR count). The van der Waals surface area contributed by atoms with Crippen molar-refractivity contribution < 1.29 is 14.2 Å². The van der Waals surface area contributed by atoms with E-state index in [4.69, 9.17) is 21.3 Å². The first-order valence-electron chi connectivity index (χ1n) is 12.6. The minimum absolute atomic E-state index is 0.165. The number of pyridine rings is 1. The predicted octanol–water partition coefficient (Wildman–Crippen LogP) is 5.56. The van der Waals surface area contributed by atoms with Crippen LogP contribution in [-0.4, -0.2) is 60.8 Å². The Labute approximate surface area is 223 Å². The van der Waals surface area contributed by atoms with Gasteiger partial charge < -0.3 is 19.3 Å². The van der Waals surface area contributed by atoms with E-state index in [1.54, 1.807) is 42.9 Å². The van der Waals surface area contributed by atoms with Crippen molar-refractivity contribution in [3.63, 3.8) is 0 Å². The van der Waals surface area contributed by atoms with Crippen molar-refractivity contribution in [3.05, 3.63) is 71.7 Å². The van der Waals surface area contributed by atoms with Crippen LogP contribution in [0.4, 0.5) is 4.39 Å². The number of piperidine rings is 1. The van der Waals surface area contributed by atoms with Gasteiger partial charge in [0.2, 0.25) is 0 Å². The van der Waals surface area contributed by atoms with Crippen LogP contribution in [0.2, 0.25) is 5.02 Å². The third-order valence-electron chi connectivity index (χ3n) is 7.10. The van der Waals surface area contributed by atoms with Crippen LogP contribution in [0.1, 0.15) is 24.7 Å². The van der Waals surface area contributed by atoms with Crippen LogP contribution in [0.15, 0.2) is 55.0 Å². The van der Waals surface area contributed by atoms with Crippen molar-refractivity contribution in [1.82, 2.24) is 29.4 Å². The minimum Gasteiger partial charge on any atom is -0.424 e. The molecule has 0 radical (unpaired) electrons. The summed E-state index contributed by atoms with van der Waals surface area (Å²) in [5.74, 6) is 0.950. The fourth-order valence-corrected chi connectivity index (χ4v) is 5.60. The molecule has 5 aromatic rings. The highest BCUT2D eigenvalue weighted by Gasteiger charge is 2.25. The number of fused-ring (bicyclic) bond motifs is 3. The number of imidazole rings is 1. The molecule has 1 N–H and O–H groups in total. The van der Waals surface area contributed by atoms with Crippen molar-refractivity contribution in [2.24, 2.45) is 0 Å². The maximum absolute atomic E-state index is 15.4. The summed E-state index contributed by atoms with van der Waals surface area (Å²) in [5, 5.41) is 10.5. The Morgan fingerprint density at radius 3 is 2.58 bits per heavy atom. The van der Waals surface area contributed by atoms with Crippen LogP contribution in [-0.2, 0) is 0 Å². The van der Waals surface area contributed by atoms with Gasteiger partial charge in [-0.15, -0.1) is 0 Å². The maximum Gasteiger partial charge on any atom is 0.321 e. The number of benzene rings is 2. The molecule has 4 heterocycles. The Morgan fingerprint density at radius 2 is 1.84 bits per heavy atom. The van der Waals surface area contributed by atoms with Gasteiger partial charge in [-0.25, -0.2) is 19.3 Å². The quantitative estimate of drug-likeness (QED) is 0.306. The number of aryl methyl sites for hydroxylation is 1. The molecule has 38 heavy (non-hydrogen) atoms. The van der Waals surface area contributed by atoms with E-state index in [1.807, 2.05) is 13.0 Å². The SMILES string of the molecule is Cc1nc2cnc3cc(F)c(-c4ccc(Oc5ncccn5)cc4Cl)cc3c2n1C1CCN(CCO)CC1. The molecule has 2 aromatic carbocycles. The number of likely N-dealkylation sites (tertiary alicyclic amines) is 1. The summed E-state index contributed by atoms with van der Waals surface area (Å²) in [4.78, 5) is 19.7. The van der Waals surface area contributed by atoms with Gasteiger partial charge in [-0.2, -0.15) is 0 Å². The summed E-state index contributed by atoms with van der Waals surface area (Å²) < 4.78 is 23.4. The molecule has 0 unspecified atom stereocenters. The van der Waals surface area contributed by atoms with Crippen LogP contribution in [0, 0.1) is 12.7 Å². The number of aromatic nitrogens is 5. The largest absolute Gasteiger partial charge is 0.424 e. The normalized spacial score (nSPS) is 14.9. The monoisotopic (exact) mass is 532 g/mol. The van der Waals surface area contributed by atoms with Crippen molar-refractivity contribution in [2.75, 3.05) is 26.2 Å². The molecule has 0 spiro atoms. The van der Waals surface area contributed by atoms with E-state index in [0.717, 1.165) is 48.2 Å². The van der Waals surface area contributed by atoms with Gasteiger partial charge in [0, 0.05) is 66.7 Å². The first-order chi connectivity index (χ1) is 18.5. The topological polar surface area (TPSA) is 89.2 Å². The Bertz CT molecular complexity index is 1620. The first-order valence-corrected chi connectivity index (χ1v) is 12.9. The van der Waals surface area contributed by atoms with Gasteiger partial charge in [0.1, 0.15) is 22.9 Å². The van der Waals surface area contributed by atoms with Gasteiger partial charge in [0.25, 0.3) is 0 Å². The zero-order chi connectivity index (χ0) is 26.2. The highest BCUT2D eigenvalue weighted by Crippen LogP contribution is 2.38. The molecule has 194 valence electrons. The Hall–Kier alpha value is -3.66. The number of aliphatic hydroxyl groups is 1. The molecular formula is C28H26ClFN6O2. The lowest BCUT2D eigenvalue weighted by Crippen LogP contribution is -2.36. The fraction of sp³-hybridized carbons (Fsp3) is 0.286. The van der Waals surface area contributed by atoms with E-state index >= 15 is 4.39 Å². The van der Waals surface area contributed by atoms with E-state index in [1.165, 1.54) is 6.07 Å². The number of β-amino-alcohol motifs (C(OH)–C–C–N with tert-alkyl or cyclic N) is 1. The lowest BCUT2D eigenvalue weighted by Gasteiger charge is -2.33. The van der Waals surface area contributed by atoms with Crippen molar-refractivity contribution in [2.45, 2.75) is 25.8 Å². The minimum atomic E-state index is -0.411. The molecule has 0 bridgehead atoms. The number of hydrogen-bond donors (Lipinski definition) is 1. The Kier molecular flexibility index (Phi) is 6.65. The average molecular weight is 533 g/mol. The summed E-state index contributed by atoms with van der Waals surface area (Å²) in [6, 6.07) is 10.5. The molecule has 0 saturated carbocycles. The van der Waals surface area contributed by atoms with Crippen LogP contribution in [0.25, 0.3) is 33.1 Å². The molecule has 1 aliphatic heterocycles. The van der Waals surface area contributed by atoms with E-state index in [9.17, 15) is 5.11 Å². The van der Waals surface area contributed by atoms with E-state index in [0.29, 0.717) is 34.0 Å². The summed E-state index contributed by atoms with van der Waals surface area (Å²) in [6.45, 7) is 4.67. The smallest absolute Gasteiger partial charge is 0.321 e. The number of hydrogen-bond acceptors (Lipinski definition) is 7. The first kappa shape index (κ1) is 24.7.